The van der Waals surface area contributed by atoms with E-state index in [1.807, 2.05) is 30.1 Å². The monoisotopic (exact) mass is 283 g/mol. The Labute approximate surface area is 116 Å². The van der Waals surface area contributed by atoms with Gasteiger partial charge in [-0.25, -0.2) is 4.39 Å². The molecule has 0 aromatic heterocycles. The van der Waals surface area contributed by atoms with Crippen molar-refractivity contribution in [1.82, 2.24) is 0 Å². The summed E-state index contributed by atoms with van der Waals surface area (Å²) in [5.41, 5.74) is 2.60. The third kappa shape index (κ3) is 2.77. The van der Waals surface area contributed by atoms with E-state index in [1.165, 1.54) is 12.1 Å². The second-order valence-electron chi connectivity index (χ2n) is 3.95. The fraction of sp³-hybridized carbons (Fsp3) is 0.143. The van der Waals surface area contributed by atoms with Crippen LogP contribution in [0.3, 0.4) is 0 Å². The molecule has 0 N–H and O–H groups in total. The number of anilines is 2. The second kappa shape index (κ2) is 5.59. The molecule has 0 saturated heterocycles. The topological polar surface area (TPSA) is 3.24 Å². The van der Waals surface area contributed by atoms with Crippen LogP contribution >= 0.6 is 23.2 Å². The Hall–Kier alpha value is -1.25. The molecule has 94 valence electrons. The third-order valence-corrected chi connectivity index (χ3v) is 3.27. The van der Waals surface area contributed by atoms with Crippen molar-refractivity contribution in [1.29, 1.82) is 0 Å². The molecule has 2 aromatic rings. The van der Waals surface area contributed by atoms with Crippen LogP contribution < -0.4 is 4.90 Å². The highest BCUT2D eigenvalue weighted by Crippen LogP contribution is 2.30. The van der Waals surface area contributed by atoms with E-state index in [2.05, 4.69) is 0 Å². The van der Waals surface area contributed by atoms with Gasteiger partial charge in [-0.2, -0.15) is 0 Å². The van der Waals surface area contributed by atoms with Gasteiger partial charge in [0.15, 0.2) is 0 Å². The second-order valence-corrected chi connectivity index (χ2v) is 4.65. The molecule has 0 spiro atoms. The van der Waals surface area contributed by atoms with E-state index in [0.717, 1.165) is 16.9 Å². The Balaban J connectivity index is 2.42. The molecule has 0 bridgehead atoms. The zero-order valence-electron chi connectivity index (χ0n) is 9.83. The van der Waals surface area contributed by atoms with Crippen LogP contribution in [0.1, 0.15) is 5.56 Å². The molecule has 0 unspecified atom stereocenters. The predicted octanol–water partition coefficient (Wildman–Crippen LogP) is 4.99. The van der Waals surface area contributed by atoms with Gasteiger partial charge >= 0.3 is 0 Å². The molecular weight excluding hydrogens is 272 g/mol. The summed E-state index contributed by atoms with van der Waals surface area (Å²) in [7, 11) is 1.87. The minimum atomic E-state index is -0.263. The van der Waals surface area contributed by atoms with E-state index in [-0.39, 0.29) is 5.82 Å². The van der Waals surface area contributed by atoms with E-state index in [9.17, 15) is 4.39 Å². The lowest BCUT2D eigenvalue weighted by Crippen LogP contribution is -2.11. The first kappa shape index (κ1) is 13.2. The van der Waals surface area contributed by atoms with Gasteiger partial charge in [0.2, 0.25) is 0 Å². The van der Waals surface area contributed by atoms with Crippen molar-refractivity contribution in [2.24, 2.45) is 0 Å². The SMILES string of the molecule is CN(c1cccc(F)c1)c1ccc(Cl)cc1CCl. The summed E-state index contributed by atoms with van der Waals surface area (Å²) in [6.07, 6.45) is 0. The molecule has 0 fully saturated rings. The van der Waals surface area contributed by atoms with Crippen LogP contribution in [0, 0.1) is 5.82 Å². The molecule has 0 aliphatic carbocycles. The van der Waals surface area contributed by atoms with Crippen LogP contribution in [0.15, 0.2) is 42.5 Å². The van der Waals surface area contributed by atoms with Crippen molar-refractivity contribution in [3.05, 3.63) is 58.9 Å². The minimum Gasteiger partial charge on any atom is -0.344 e. The summed E-state index contributed by atoms with van der Waals surface area (Å²) in [5.74, 6) is 0.0935. The van der Waals surface area contributed by atoms with Crippen molar-refractivity contribution in [2.45, 2.75) is 5.88 Å². The lowest BCUT2D eigenvalue weighted by Gasteiger charge is -2.22. The van der Waals surface area contributed by atoms with Crippen LogP contribution in [0.25, 0.3) is 0 Å². The Kier molecular flexibility index (Phi) is 4.10. The molecule has 0 amide bonds. The summed E-state index contributed by atoms with van der Waals surface area (Å²) in [6, 6.07) is 11.9. The molecule has 0 aliphatic heterocycles. The average molecular weight is 284 g/mol. The first-order chi connectivity index (χ1) is 8.61. The van der Waals surface area contributed by atoms with E-state index in [4.69, 9.17) is 23.2 Å². The molecule has 0 atom stereocenters. The highest BCUT2D eigenvalue weighted by molar-refractivity contribution is 6.30. The molecule has 18 heavy (non-hydrogen) atoms. The molecule has 0 heterocycles. The van der Waals surface area contributed by atoms with Gasteiger partial charge in [0, 0.05) is 29.3 Å². The largest absolute Gasteiger partial charge is 0.344 e. The number of alkyl halides is 1. The molecule has 2 rings (SSSR count). The number of rotatable bonds is 3. The number of benzene rings is 2. The normalized spacial score (nSPS) is 10.4. The van der Waals surface area contributed by atoms with Crippen LogP contribution in [0.2, 0.25) is 5.02 Å². The fourth-order valence-electron chi connectivity index (χ4n) is 1.81. The number of hydrogen-bond acceptors (Lipinski definition) is 1. The maximum Gasteiger partial charge on any atom is 0.125 e. The van der Waals surface area contributed by atoms with Gasteiger partial charge in [0.25, 0.3) is 0 Å². The summed E-state index contributed by atoms with van der Waals surface area (Å²) in [4.78, 5) is 1.89. The van der Waals surface area contributed by atoms with E-state index in [0.29, 0.717) is 10.9 Å². The van der Waals surface area contributed by atoms with Gasteiger partial charge < -0.3 is 4.90 Å². The van der Waals surface area contributed by atoms with Gasteiger partial charge in [0.05, 0.1) is 0 Å². The predicted molar refractivity (Wildman–Crippen MR) is 75.5 cm³/mol. The van der Waals surface area contributed by atoms with Crippen molar-refractivity contribution >= 4 is 34.6 Å². The lowest BCUT2D eigenvalue weighted by molar-refractivity contribution is 0.628. The summed E-state index contributed by atoms with van der Waals surface area (Å²) < 4.78 is 13.2. The molecule has 0 aliphatic rings. The van der Waals surface area contributed by atoms with Gasteiger partial charge in [-0.1, -0.05) is 17.7 Å². The van der Waals surface area contributed by atoms with Crippen LogP contribution in [0.5, 0.6) is 0 Å². The zero-order chi connectivity index (χ0) is 13.1. The lowest BCUT2D eigenvalue weighted by atomic mass is 10.1. The molecule has 1 nitrogen and oxygen atoms in total. The third-order valence-electron chi connectivity index (χ3n) is 2.74. The summed E-state index contributed by atoms with van der Waals surface area (Å²) in [5, 5.41) is 0.641. The van der Waals surface area contributed by atoms with E-state index < -0.39 is 0 Å². The summed E-state index contributed by atoms with van der Waals surface area (Å²) in [6.45, 7) is 0. The first-order valence-corrected chi connectivity index (χ1v) is 6.37. The van der Waals surface area contributed by atoms with Gasteiger partial charge in [-0.05, 0) is 42.0 Å². The number of nitrogens with zero attached hydrogens (tertiary/aromatic N) is 1. The first-order valence-electron chi connectivity index (χ1n) is 5.45. The number of halogens is 3. The maximum atomic E-state index is 13.2. The van der Waals surface area contributed by atoms with Crippen molar-refractivity contribution in [3.8, 4) is 0 Å². The number of hydrogen-bond donors (Lipinski definition) is 0. The molecule has 4 heteroatoms. The highest BCUT2D eigenvalue weighted by Gasteiger charge is 2.09. The summed E-state index contributed by atoms with van der Waals surface area (Å²) >= 11 is 11.8. The van der Waals surface area contributed by atoms with Gasteiger partial charge in [-0.15, -0.1) is 11.6 Å². The van der Waals surface area contributed by atoms with Gasteiger partial charge in [0.1, 0.15) is 5.82 Å². The zero-order valence-corrected chi connectivity index (χ0v) is 11.3. The Morgan fingerprint density at radius 1 is 1.17 bits per heavy atom. The van der Waals surface area contributed by atoms with Crippen molar-refractivity contribution in [3.63, 3.8) is 0 Å². The van der Waals surface area contributed by atoms with Crippen molar-refractivity contribution in [2.75, 3.05) is 11.9 Å². The Morgan fingerprint density at radius 2 is 1.94 bits per heavy atom. The van der Waals surface area contributed by atoms with Crippen molar-refractivity contribution < 1.29 is 4.39 Å². The smallest absolute Gasteiger partial charge is 0.125 e. The molecule has 0 radical (unpaired) electrons. The Morgan fingerprint density at radius 3 is 2.61 bits per heavy atom. The highest BCUT2D eigenvalue weighted by atomic mass is 35.5. The quantitative estimate of drug-likeness (QED) is 0.718. The Bertz CT molecular complexity index is 557. The average Bonchev–Trinajstić information content (AvgIpc) is 2.37. The van der Waals surface area contributed by atoms with E-state index in [1.54, 1.807) is 12.1 Å². The molecular formula is C14H12Cl2FN. The fourth-order valence-corrected chi connectivity index (χ4v) is 2.22. The standard InChI is InChI=1S/C14H12Cl2FN/c1-18(13-4-2-3-12(17)8-13)14-6-5-11(16)7-10(14)9-15/h2-8H,9H2,1H3. The van der Waals surface area contributed by atoms with Crippen LogP contribution in [0.4, 0.5) is 15.8 Å². The van der Waals surface area contributed by atoms with Gasteiger partial charge in [-0.3, -0.25) is 0 Å². The molecule has 2 aromatic carbocycles. The minimum absolute atomic E-state index is 0.263. The van der Waals surface area contributed by atoms with Crippen LogP contribution in [-0.4, -0.2) is 7.05 Å². The maximum absolute atomic E-state index is 13.2. The molecule has 0 saturated carbocycles. The van der Waals surface area contributed by atoms with E-state index >= 15 is 0 Å². The van der Waals surface area contributed by atoms with Crippen LogP contribution in [-0.2, 0) is 5.88 Å².